The number of carbonyl (C=O) groups is 1. The Balaban J connectivity index is 2.25. The number of rotatable bonds is 5. The van der Waals surface area contributed by atoms with Crippen LogP contribution in [0.5, 0.6) is 5.75 Å². The van der Waals surface area contributed by atoms with Crippen LogP contribution in [0.4, 0.5) is 0 Å². The molecule has 1 atom stereocenters. The largest absolute Gasteiger partial charge is 0.497 e. The van der Waals surface area contributed by atoms with Crippen LogP contribution in [0.25, 0.3) is 10.8 Å². The summed E-state index contributed by atoms with van der Waals surface area (Å²) in [7, 11) is 1.64. The van der Waals surface area contributed by atoms with Gasteiger partial charge in [-0.3, -0.25) is 4.79 Å². The average Bonchev–Trinajstić information content (AvgIpc) is 2.50. The van der Waals surface area contributed by atoms with Crippen molar-refractivity contribution in [1.29, 1.82) is 0 Å². The van der Waals surface area contributed by atoms with Crippen LogP contribution < -0.4 is 4.74 Å². The smallest absolute Gasteiger partial charge is 0.313 e. The second-order valence-electron chi connectivity index (χ2n) is 4.55. The first kappa shape index (κ1) is 14.7. The number of methoxy groups -OCH3 is 1. The van der Waals surface area contributed by atoms with Gasteiger partial charge in [0, 0.05) is 0 Å². The molecule has 0 radical (unpaired) electrons. The minimum Gasteiger partial charge on any atom is -0.497 e. The second kappa shape index (κ2) is 6.62. The van der Waals surface area contributed by atoms with Gasteiger partial charge in [0.05, 0.1) is 18.9 Å². The predicted octanol–water partition coefficient (Wildman–Crippen LogP) is 3.73. The molecule has 2 aromatic carbocycles. The Kier molecular flexibility index (Phi) is 4.85. The molecular formula is C16H17ClO3. The van der Waals surface area contributed by atoms with Gasteiger partial charge < -0.3 is 9.47 Å². The zero-order valence-electron chi connectivity index (χ0n) is 11.6. The van der Waals surface area contributed by atoms with E-state index in [-0.39, 0.29) is 18.5 Å². The SMILES string of the molecule is COc1ccc2cc([C@H](C)C(=O)OCCCl)ccc2c1. The molecule has 0 fully saturated rings. The molecule has 106 valence electrons. The molecular weight excluding hydrogens is 276 g/mol. The summed E-state index contributed by atoms with van der Waals surface area (Å²) >= 11 is 5.51. The molecule has 0 heterocycles. The van der Waals surface area contributed by atoms with E-state index in [1.807, 2.05) is 43.3 Å². The fourth-order valence-corrected chi connectivity index (χ4v) is 2.12. The van der Waals surface area contributed by atoms with Crippen LogP contribution in [0.2, 0.25) is 0 Å². The molecule has 20 heavy (non-hydrogen) atoms. The molecule has 0 saturated carbocycles. The molecule has 0 aliphatic heterocycles. The molecule has 0 aromatic heterocycles. The molecule has 4 heteroatoms. The Morgan fingerprint density at radius 3 is 2.60 bits per heavy atom. The summed E-state index contributed by atoms with van der Waals surface area (Å²) in [5, 5.41) is 2.15. The summed E-state index contributed by atoms with van der Waals surface area (Å²) in [4.78, 5) is 11.8. The van der Waals surface area contributed by atoms with Crippen molar-refractivity contribution in [3.8, 4) is 5.75 Å². The molecule has 0 saturated heterocycles. The molecule has 0 aliphatic carbocycles. The Morgan fingerprint density at radius 1 is 1.20 bits per heavy atom. The van der Waals surface area contributed by atoms with Gasteiger partial charge in [-0.2, -0.15) is 0 Å². The molecule has 0 spiro atoms. The van der Waals surface area contributed by atoms with Gasteiger partial charge >= 0.3 is 5.97 Å². The summed E-state index contributed by atoms with van der Waals surface area (Å²) < 4.78 is 10.3. The van der Waals surface area contributed by atoms with Gasteiger partial charge in [0.15, 0.2) is 0 Å². The van der Waals surface area contributed by atoms with E-state index in [1.165, 1.54) is 0 Å². The van der Waals surface area contributed by atoms with E-state index in [4.69, 9.17) is 21.1 Å². The van der Waals surface area contributed by atoms with Crippen molar-refractivity contribution in [3.63, 3.8) is 0 Å². The molecule has 0 N–H and O–H groups in total. The van der Waals surface area contributed by atoms with Crippen molar-refractivity contribution in [2.24, 2.45) is 0 Å². The highest BCUT2D eigenvalue weighted by molar-refractivity contribution is 6.18. The first-order valence-corrected chi connectivity index (χ1v) is 6.99. The van der Waals surface area contributed by atoms with E-state index in [2.05, 4.69) is 0 Å². The highest BCUT2D eigenvalue weighted by Crippen LogP contribution is 2.25. The molecule has 0 bridgehead atoms. The van der Waals surface area contributed by atoms with Crippen LogP contribution in [0.1, 0.15) is 18.4 Å². The van der Waals surface area contributed by atoms with Crippen molar-refractivity contribution in [1.82, 2.24) is 0 Å². The van der Waals surface area contributed by atoms with Gasteiger partial charge in [0.1, 0.15) is 12.4 Å². The third-order valence-corrected chi connectivity index (χ3v) is 3.40. The Labute approximate surface area is 123 Å². The lowest BCUT2D eigenvalue weighted by Crippen LogP contribution is -2.14. The maximum absolute atomic E-state index is 11.8. The fraction of sp³-hybridized carbons (Fsp3) is 0.312. The van der Waals surface area contributed by atoms with Crippen molar-refractivity contribution in [3.05, 3.63) is 42.0 Å². The lowest BCUT2D eigenvalue weighted by Gasteiger charge is -2.12. The number of fused-ring (bicyclic) bond motifs is 1. The zero-order chi connectivity index (χ0) is 14.5. The van der Waals surface area contributed by atoms with Gasteiger partial charge in [0.2, 0.25) is 0 Å². The number of carbonyl (C=O) groups excluding carboxylic acids is 1. The maximum atomic E-state index is 11.8. The van der Waals surface area contributed by atoms with Gasteiger partial charge in [-0.1, -0.05) is 24.3 Å². The number of hydrogen-bond acceptors (Lipinski definition) is 3. The van der Waals surface area contributed by atoms with Crippen LogP contribution in [-0.2, 0) is 9.53 Å². The molecule has 2 aromatic rings. The quantitative estimate of drug-likeness (QED) is 0.622. The highest BCUT2D eigenvalue weighted by atomic mass is 35.5. The number of ether oxygens (including phenoxy) is 2. The van der Waals surface area contributed by atoms with E-state index in [0.29, 0.717) is 5.88 Å². The fourth-order valence-electron chi connectivity index (χ4n) is 2.04. The van der Waals surface area contributed by atoms with Crippen molar-refractivity contribution in [2.75, 3.05) is 19.6 Å². The summed E-state index contributed by atoms with van der Waals surface area (Å²) in [6.07, 6.45) is 0. The first-order valence-electron chi connectivity index (χ1n) is 6.46. The standard InChI is InChI=1S/C16H17ClO3/c1-11(16(18)20-8-7-17)12-3-4-14-10-15(19-2)6-5-13(14)9-12/h3-6,9-11H,7-8H2,1-2H3/t11-/m0/s1. The molecule has 2 rings (SSSR count). The Bertz CT molecular complexity index is 610. The molecule has 0 unspecified atom stereocenters. The van der Waals surface area contributed by atoms with E-state index in [0.717, 1.165) is 22.1 Å². The average molecular weight is 293 g/mol. The van der Waals surface area contributed by atoms with Crippen LogP contribution in [0.15, 0.2) is 36.4 Å². The van der Waals surface area contributed by atoms with Crippen LogP contribution >= 0.6 is 11.6 Å². The number of hydrogen-bond donors (Lipinski definition) is 0. The Hall–Kier alpha value is -1.74. The van der Waals surface area contributed by atoms with Crippen molar-refractivity contribution in [2.45, 2.75) is 12.8 Å². The van der Waals surface area contributed by atoms with E-state index in [1.54, 1.807) is 7.11 Å². The topological polar surface area (TPSA) is 35.5 Å². The molecule has 0 aliphatic rings. The van der Waals surface area contributed by atoms with Crippen molar-refractivity contribution < 1.29 is 14.3 Å². The number of esters is 1. The molecule has 0 amide bonds. The Morgan fingerprint density at radius 2 is 1.90 bits per heavy atom. The van der Waals surface area contributed by atoms with Crippen molar-refractivity contribution >= 4 is 28.3 Å². The number of alkyl halides is 1. The first-order chi connectivity index (χ1) is 9.65. The molecule has 3 nitrogen and oxygen atoms in total. The predicted molar refractivity (Wildman–Crippen MR) is 80.6 cm³/mol. The van der Waals surface area contributed by atoms with E-state index in [9.17, 15) is 4.79 Å². The summed E-state index contributed by atoms with van der Waals surface area (Å²) in [6, 6.07) is 11.8. The van der Waals surface area contributed by atoms with Crippen LogP contribution in [-0.4, -0.2) is 25.6 Å². The third kappa shape index (κ3) is 3.23. The summed E-state index contributed by atoms with van der Waals surface area (Å²) in [5.41, 5.74) is 0.933. The van der Waals surface area contributed by atoms with Crippen LogP contribution in [0, 0.1) is 0 Å². The third-order valence-electron chi connectivity index (χ3n) is 3.25. The lowest BCUT2D eigenvalue weighted by molar-refractivity contribution is -0.144. The summed E-state index contributed by atoms with van der Waals surface area (Å²) in [5.74, 6) is 0.582. The number of halogens is 1. The summed E-state index contributed by atoms with van der Waals surface area (Å²) in [6.45, 7) is 2.08. The minimum atomic E-state index is -0.301. The number of benzene rings is 2. The second-order valence-corrected chi connectivity index (χ2v) is 4.93. The monoisotopic (exact) mass is 292 g/mol. The van der Waals surface area contributed by atoms with Gasteiger partial charge in [-0.05, 0) is 35.4 Å². The van der Waals surface area contributed by atoms with Crippen LogP contribution in [0.3, 0.4) is 0 Å². The zero-order valence-corrected chi connectivity index (χ0v) is 12.3. The normalized spacial score (nSPS) is 12.2. The lowest BCUT2D eigenvalue weighted by atomic mass is 9.98. The van der Waals surface area contributed by atoms with Gasteiger partial charge in [-0.25, -0.2) is 0 Å². The van der Waals surface area contributed by atoms with Gasteiger partial charge in [0.25, 0.3) is 0 Å². The maximum Gasteiger partial charge on any atom is 0.313 e. The minimum absolute atomic E-state index is 0.246. The van der Waals surface area contributed by atoms with E-state index < -0.39 is 0 Å². The van der Waals surface area contributed by atoms with Gasteiger partial charge in [-0.15, -0.1) is 11.6 Å². The van der Waals surface area contributed by atoms with E-state index >= 15 is 0 Å². The highest BCUT2D eigenvalue weighted by Gasteiger charge is 2.16.